The Morgan fingerprint density at radius 2 is 1.76 bits per heavy atom. The average Bonchev–Trinajstić information content (AvgIpc) is 2.57. The molecule has 0 saturated carbocycles. The van der Waals surface area contributed by atoms with E-state index in [1.165, 1.54) is 5.56 Å². The van der Waals surface area contributed by atoms with Gasteiger partial charge in [0.05, 0.1) is 12.5 Å². The molecular formula is C20H22BrNO3. The first-order valence-electron chi connectivity index (χ1n) is 8.11. The maximum atomic E-state index is 12.0. The fourth-order valence-electron chi connectivity index (χ4n) is 2.40. The number of hydrogen-bond acceptors (Lipinski definition) is 3. The molecule has 0 radical (unpaired) electrons. The first-order chi connectivity index (χ1) is 11.8. The lowest BCUT2D eigenvalue weighted by Gasteiger charge is -2.14. The molecule has 0 saturated heterocycles. The molecule has 0 spiro atoms. The second-order valence-corrected chi connectivity index (χ2v) is 7.01. The molecule has 2 aromatic rings. The largest absolute Gasteiger partial charge is 0.455 e. The van der Waals surface area contributed by atoms with E-state index in [1.807, 2.05) is 63.2 Å². The molecule has 0 fully saturated rings. The van der Waals surface area contributed by atoms with Crippen LogP contribution in [0, 0.1) is 13.8 Å². The highest BCUT2D eigenvalue weighted by molar-refractivity contribution is 9.10. The van der Waals surface area contributed by atoms with Crippen LogP contribution < -0.4 is 5.32 Å². The predicted molar refractivity (Wildman–Crippen MR) is 101 cm³/mol. The van der Waals surface area contributed by atoms with Gasteiger partial charge in [-0.1, -0.05) is 46.3 Å². The lowest BCUT2D eigenvalue weighted by Crippen LogP contribution is -2.31. The van der Waals surface area contributed by atoms with Gasteiger partial charge in [0.1, 0.15) is 0 Å². The van der Waals surface area contributed by atoms with Gasteiger partial charge in [0.15, 0.2) is 6.61 Å². The maximum absolute atomic E-state index is 12.0. The van der Waals surface area contributed by atoms with Gasteiger partial charge < -0.3 is 10.1 Å². The van der Waals surface area contributed by atoms with Crippen molar-refractivity contribution in [1.29, 1.82) is 0 Å². The minimum Gasteiger partial charge on any atom is -0.455 e. The number of nitrogens with one attached hydrogen (secondary N) is 1. The molecule has 0 aliphatic rings. The van der Waals surface area contributed by atoms with E-state index in [9.17, 15) is 9.59 Å². The van der Waals surface area contributed by atoms with Crippen molar-refractivity contribution in [3.63, 3.8) is 0 Å². The zero-order valence-electron chi connectivity index (χ0n) is 14.6. The van der Waals surface area contributed by atoms with Crippen LogP contribution in [0.1, 0.15) is 35.2 Å². The number of halogens is 1. The molecule has 0 aliphatic carbocycles. The SMILES string of the molecule is Cc1ccc(CC(=O)OCC(=O)N[C@H](C)c2ccc(Br)cc2)cc1C. The molecule has 4 nitrogen and oxygen atoms in total. The highest BCUT2D eigenvalue weighted by Gasteiger charge is 2.12. The zero-order chi connectivity index (χ0) is 18.4. The summed E-state index contributed by atoms with van der Waals surface area (Å²) < 4.78 is 6.06. The van der Waals surface area contributed by atoms with E-state index in [-0.39, 0.29) is 25.0 Å². The molecule has 1 amide bonds. The van der Waals surface area contributed by atoms with Gasteiger partial charge in [-0.15, -0.1) is 0 Å². The van der Waals surface area contributed by atoms with Crippen molar-refractivity contribution in [2.75, 3.05) is 6.61 Å². The lowest BCUT2D eigenvalue weighted by atomic mass is 10.0. The van der Waals surface area contributed by atoms with Gasteiger partial charge in [-0.2, -0.15) is 0 Å². The molecule has 5 heteroatoms. The zero-order valence-corrected chi connectivity index (χ0v) is 16.2. The quantitative estimate of drug-likeness (QED) is 0.740. The summed E-state index contributed by atoms with van der Waals surface area (Å²) in [4.78, 5) is 23.9. The fourth-order valence-corrected chi connectivity index (χ4v) is 2.66. The topological polar surface area (TPSA) is 55.4 Å². The van der Waals surface area contributed by atoms with E-state index in [0.29, 0.717) is 0 Å². The summed E-state index contributed by atoms with van der Waals surface area (Å²) in [5.74, 6) is -0.724. The van der Waals surface area contributed by atoms with Crippen molar-refractivity contribution in [2.24, 2.45) is 0 Å². The van der Waals surface area contributed by atoms with Gasteiger partial charge in [0.2, 0.25) is 0 Å². The molecule has 0 aliphatic heterocycles. The summed E-state index contributed by atoms with van der Waals surface area (Å²) in [7, 11) is 0. The second-order valence-electron chi connectivity index (χ2n) is 6.10. The standard InChI is InChI=1S/C20H22BrNO3/c1-13-4-5-16(10-14(13)2)11-20(24)25-12-19(23)22-15(3)17-6-8-18(21)9-7-17/h4-10,15H,11-12H2,1-3H3,(H,22,23)/t15-/m1/s1. The van der Waals surface area contributed by atoms with Crippen LogP contribution >= 0.6 is 15.9 Å². The fraction of sp³-hybridized carbons (Fsp3) is 0.300. The summed E-state index contributed by atoms with van der Waals surface area (Å²) >= 11 is 3.38. The van der Waals surface area contributed by atoms with Crippen LogP contribution in [0.15, 0.2) is 46.9 Å². The predicted octanol–water partition coefficient (Wildman–Crippen LogP) is 4.03. The summed E-state index contributed by atoms with van der Waals surface area (Å²) in [5.41, 5.74) is 4.18. The Hall–Kier alpha value is -2.14. The van der Waals surface area contributed by atoms with E-state index in [1.54, 1.807) is 0 Å². The van der Waals surface area contributed by atoms with Crippen LogP contribution in [0.3, 0.4) is 0 Å². The summed E-state index contributed by atoms with van der Waals surface area (Å²) in [5, 5.41) is 2.82. The number of ether oxygens (including phenoxy) is 1. The molecule has 0 heterocycles. The van der Waals surface area contributed by atoms with Gasteiger partial charge in [-0.05, 0) is 55.2 Å². The second kappa shape index (κ2) is 8.81. The molecule has 0 aromatic heterocycles. The molecule has 0 unspecified atom stereocenters. The molecular weight excluding hydrogens is 382 g/mol. The van der Waals surface area contributed by atoms with Crippen LogP contribution in [0.5, 0.6) is 0 Å². The number of hydrogen-bond donors (Lipinski definition) is 1. The molecule has 2 rings (SSSR count). The number of carbonyl (C=O) groups excluding carboxylic acids is 2. The minimum atomic E-state index is -0.408. The van der Waals surface area contributed by atoms with E-state index in [4.69, 9.17) is 4.74 Å². The van der Waals surface area contributed by atoms with Crippen LogP contribution in [-0.2, 0) is 20.7 Å². The third-order valence-electron chi connectivity index (χ3n) is 4.03. The van der Waals surface area contributed by atoms with Crippen molar-refractivity contribution in [3.8, 4) is 0 Å². The van der Waals surface area contributed by atoms with Gasteiger partial charge in [-0.3, -0.25) is 9.59 Å². The van der Waals surface area contributed by atoms with Gasteiger partial charge in [-0.25, -0.2) is 0 Å². The van der Waals surface area contributed by atoms with Gasteiger partial charge >= 0.3 is 5.97 Å². The Kier molecular flexibility index (Phi) is 6.76. The summed E-state index contributed by atoms with van der Waals surface area (Å²) in [6, 6.07) is 13.4. The van der Waals surface area contributed by atoms with Crippen LogP contribution in [0.2, 0.25) is 0 Å². The Morgan fingerprint density at radius 3 is 2.40 bits per heavy atom. The van der Waals surface area contributed by atoms with Crippen molar-refractivity contribution in [2.45, 2.75) is 33.2 Å². The van der Waals surface area contributed by atoms with Gasteiger partial charge in [0.25, 0.3) is 5.91 Å². The summed E-state index contributed by atoms with van der Waals surface area (Å²) in [6.45, 7) is 5.64. The molecule has 132 valence electrons. The highest BCUT2D eigenvalue weighted by atomic mass is 79.9. The lowest BCUT2D eigenvalue weighted by molar-refractivity contribution is -0.148. The molecule has 1 N–H and O–H groups in total. The smallest absolute Gasteiger partial charge is 0.310 e. The Labute approximate surface area is 156 Å². The third kappa shape index (κ3) is 6.02. The van der Waals surface area contributed by atoms with E-state index >= 15 is 0 Å². The number of esters is 1. The van der Waals surface area contributed by atoms with Crippen LogP contribution in [0.25, 0.3) is 0 Å². The maximum Gasteiger partial charge on any atom is 0.310 e. The van der Waals surface area contributed by atoms with Crippen molar-refractivity contribution in [3.05, 3.63) is 69.2 Å². The van der Waals surface area contributed by atoms with Crippen molar-refractivity contribution in [1.82, 2.24) is 5.32 Å². The number of aryl methyl sites for hydroxylation is 2. The first kappa shape index (κ1) is 19.2. The average molecular weight is 404 g/mol. The van der Waals surface area contributed by atoms with Crippen LogP contribution in [-0.4, -0.2) is 18.5 Å². The molecule has 2 aromatic carbocycles. The van der Waals surface area contributed by atoms with E-state index < -0.39 is 5.97 Å². The Bertz CT molecular complexity index is 756. The number of carbonyl (C=O) groups is 2. The van der Waals surface area contributed by atoms with Crippen molar-refractivity contribution >= 4 is 27.8 Å². The molecule has 1 atom stereocenters. The number of benzene rings is 2. The Balaban J connectivity index is 1.79. The van der Waals surface area contributed by atoms with Gasteiger partial charge in [0, 0.05) is 4.47 Å². The first-order valence-corrected chi connectivity index (χ1v) is 8.91. The van der Waals surface area contributed by atoms with Crippen molar-refractivity contribution < 1.29 is 14.3 Å². The molecule has 0 bridgehead atoms. The Morgan fingerprint density at radius 1 is 1.08 bits per heavy atom. The van der Waals surface area contributed by atoms with Crippen LogP contribution in [0.4, 0.5) is 0 Å². The summed E-state index contributed by atoms with van der Waals surface area (Å²) in [6.07, 6.45) is 0.163. The third-order valence-corrected chi connectivity index (χ3v) is 4.56. The van der Waals surface area contributed by atoms with E-state index in [0.717, 1.165) is 21.2 Å². The normalized spacial score (nSPS) is 11.7. The van der Waals surface area contributed by atoms with E-state index in [2.05, 4.69) is 21.2 Å². The minimum absolute atomic E-state index is 0.154. The monoisotopic (exact) mass is 403 g/mol. The number of rotatable bonds is 6. The number of amides is 1. The molecule has 25 heavy (non-hydrogen) atoms. The highest BCUT2D eigenvalue weighted by Crippen LogP contribution is 2.16.